The molecule has 2 aromatic rings. The molecular weight excluding hydrogens is 304 g/mol. The third kappa shape index (κ3) is 2.87. The van der Waals surface area contributed by atoms with Crippen molar-refractivity contribution in [3.63, 3.8) is 0 Å². The van der Waals surface area contributed by atoms with Crippen LogP contribution in [0, 0.1) is 17.1 Å². The number of nitrogens with one attached hydrogen (secondary N) is 1. The number of carbonyl (C=O) groups is 1. The topological polar surface area (TPSA) is 65.8 Å². The fourth-order valence-corrected chi connectivity index (χ4v) is 1.84. The van der Waals surface area contributed by atoms with Crippen LogP contribution in [0.3, 0.4) is 0 Å². The molecule has 1 heterocycles. The minimum absolute atomic E-state index is 0.0374. The van der Waals surface area contributed by atoms with Crippen LogP contribution in [0.25, 0.3) is 0 Å². The number of anilines is 1. The number of carbonyl (C=O) groups excluding carboxylic acids is 1. The summed E-state index contributed by atoms with van der Waals surface area (Å²) in [5.41, 5.74) is -0.332. The van der Waals surface area contributed by atoms with Gasteiger partial charge >= 0.3 is 0 Å². The Morgan fingerprint density at radius 2 is 2.05 bits per heavy atom. The van der Waals surface area contributed by atoms with Gasteiger partial charge < -0.3 is 5.32 Å². The Kier molecular flexibility index (Phi) is 4.18. The summed E-state index contributed by atoms with van der Waals surface area (Å²) in [5.74, 6) is -1.41. The summed E-state index contributed by atoms with van der Waals surface area (Å²) in [7, 11) is 0. The van der Waals surface area contributed by atoms with Crippen molar-refractivity contribution in [1.82, 2.24) is 4.98 Å². The van der Waals surface area contributed by atoms with Gasteiger partial charge in [-0.15, -0.1) is 0 Å². The minimum atomic E-state index is -0.726. The summed E-state index contributed by atoms with van der Waals surface area (Å²) in [6.45, 7) is 0. The molecule has 0 atom stereocenters. The van der Waals surface area contributed by atoms with E-state index in [0.29, 0.717) is 0 Å². The van der Waals surface area contributed by atoms with Gasteiger partial charge in [0.1, 0.15) is 28.3 Å². The quantitative estimate of drug-likeness (QED) is 0.861. The lowest BCUT2D eigenvalue weighted by molar-refractivity contribution is 0.102. The molecule has 1 aromatic carbocycles. The molecule has 0 aliphatic rings. The Hall–Kier alpha value is -2.16. The minimum Gasteiger partial charge on any atom is -0.319 e. The first-order valence-corrected chi connectivity index (χ1v) is 6.10. The van der Waals surface area contributed by atoms with Crippen LogP contribution in [-0.2, 0) is 0 Å². The zero-order valence-electron chi connectivity index (χ0n) is 9.82. The van der Waals surface area contributed by atoms with E-state index >= 15 is 0 Å². The van der Waals surface area contributed by atoms with Gasteiger partial charge in [-0.25, -0.2) is 9.37 Å². The van der Waals surface area contributed by atoms with Crippen molar-refractivity contribution < 1.29 is 9.18 Å². The van der Waals surface area contributed by atoms with E-state index in [1.807, 2.05) is 0 Å². The molecular formula is C13H6Cl2FN3O. The van der Waals surface area contributed by atoms with Crippen LogP contribution >= 0.6 is 23.2 Å². The molecule has 0 unspecified atom stereocenters. The van der Waals surface area contributed by atoms with Crippen LogP contribution in [0.5, 0.6) is 0 Å². The Morgan fingerprint density at radius 3 is 2.75 bits per heavy atom. The van der Waals surface area contributed by atoms with E-state index in [-0.39, 0.29) is 27.1 Å². The van der Waals surface area contributed by atoms with Gasteiger partial charge in [0, 0.05) is 0 Å². The van der Waals surface area contributed by atoms with Crippen LogP contribution in [0.4, 0.5) is 10.1 Å². The highest BCUT2D eigenvalue weighted by Gasteiger charge is 2.16. The molecule has 0 bridgehead atoms. The summed E-state index contributed by atoms with van der Waals surface area (Å²) in [6.07, 6.45) is 0. The van der Waals surface area contributed by atoms with Gasteiger partial charge in [0.15, 0.2) is 0 Å². The second-order valence-corrected chi connectivity index (χ2v) is 4.49. The summed E-state index contributed by atoms with van der Waals surface area (Å²) in [6, 6.07) is 8.43. The number of hydrogen-bond acceptors (Lipinski definition) is 3. The largest absolute Gasteiger partial charge is 0.319 e. The maximum atomic E-state index is 13.4. The van der Waals surface area contributed by atoms with Crippen molar-refractivity contribution in [2.75, 3.05) is 5.32 Å². The van der Waals surface area contributed by atoms with Crippen LogP contribution in [0.15, 0.2) is 30.3 Å². The van der Waals surface area contributed by atoms with E-state index in [1.165, 1.54) is 24.3 Å². The van der Waals surface area contributed by atoms with Crippen LogP contribution in [0.1, 0.15) is 16.1 Å². The van der Waals surface area contributed by atoms with Gasteiger partial charge in [0.25, 0.3) is 5.91 Å². The lowest BCUT2D eigenvalue weighted by Crippen LogP contribution is -2.15. The molecule has 7 heteroatoms. The van der Waals surface area contributed by atoms with Crippen molar-refractivity contribution in [3.8, 4) is 6.07 Å². The van der Waals surface area contributed by atoms with Crippen LogP contribution in [-0.4, -0.2) is 10.9 Å². The van der Waals surface area contributed by atoms with Gasteiger partial charge in [-0.1, -0.05) is 29.3 Å². The van der Waals surface area contributed by atoms with E-state index in [4.69, 9.17) is 28.5 Å². The van der Waals surface area contributed by atoms with Gasteiger partial charge in [0.2, 0.25) is 0 Å². The lowest BCUT2D eigenvalue weighted by Gasteiger charge is -2.08. The van der Waals surface area contributed by atoms with Gasteiger partial charge in [-0.05, 0) is 24.3 Å². The summed E-state index contributed by atoms with van der Waals surface area (Å²) in [4.78, 5) is 15.8. The fourth-order valence-electron chi connectivity index (χ4n) is 1.50. The molecule has 2 rings (SSSR count). The highest BCUT2D eigenvalue weighted by molar-refractivity contribution is 6.35. The van der Waals surface area contributed by atoms with E-state index in [1.54, 1.807) is 6.07 Å². The van der Waals surface area contributed by atoms with Crippen molar-refractivity contribution in [2.24, 2.45) is 0 Å². The molecule has 4 nitrogen and oxygen atoms in total. The zero-order valence-corrected chi connectivity index (χ0v) is 11.3. The second-order valence-electron chi connectivity index (χ2n) is 3.69. The first kappa shape index (κ1) is 14.3. The molecule has 0 aliphatic carbocycles. The number of nitrogens with zero attached hydrogens (tertiary/aromatic N) is 2. The molecule has 0 saturated carbocycles. The number of nitriles is 1. The highest BCUT2D eigenvalue weighted by atomic mass is 35.5. The second kappa shape index (κ2) is 5.87. The average molecular weight is 310 g/mol. The van der Waals surface area contributed by atoms with Crippen LogP contribution < -0.4 is 5.32 Å². The molecule has 1 amide bonds. The lowest BCUT2D eigenvalue weighted by atomic mass is 10.2. The van der Waals surface area contributed by atoms with E-state index in [2.05, 4.69) is 10.3 Å². The van der Waals surface area contributed by atoms with Gasteiger partial charge in [-0.2, -0.15) is 5.26 Å². The number of rotatable bonds is 2. The molecule has 0 fully saturated rings. The van der Waals surface area contributed by atoms with E-state index in [9.17, 15) is 9.18 Å². The SMILES string of the molecule is N#Cc1c(F)cccc1NC(=O)c1nc(Cl)ccc1Cl. The normalized spacial score (nSPS) is 9.90. The molecule has 1 aromatic heterocycles. The average Bonchev–Trinajstić information content (AvgIpc) is 2.41. The van der Waals surface area contributed by atoms with E-state index in [0.717, 1.165) is 6.07 Å². The monoisotopic (exact) mass is 309 g/mol. The smallest absolute Gasteiger partial charge is 0.275 e. The standard InChI is InChI=1S/C13H6Cl2FN3O/c14-8-4-5-11(15)19-12(8)13(20)18-10-3-1-2-9(16)7(10)6-17/h1-5H,(H,18,20). The fraction of sp³-hybridized carbons (Fsp3) is 0. The molecule has 1 N–H and O–H groups in total. The maximum Gasteiger partial charge on any atom is 0.275 e. The number of pyridine rings is 1. The molecule has 0 radical (unpaired) electrons. The third-order valence-electron chi connectivity index (χ3n) is 2.40. The maximum absolute atomic E-state index is 13.4. The molecule has 100 valence electrons. The summed E-state index contributed by atoms with van der Waals surface area (Å²) < 4.78 is 13.4. The predicted molar refractivity (Wildman–Crippen MR) is 73.3 cm³/mol. The summed E-state index contributed by atoms with van der Waals surface area (Å²) >= 11 is 11.5. The predicted octanol–water partition coefficient (Wildman–Crippen LogP) is 3.65. The van der Waals surface area contributed by atoms with Gasteiger partial charge in [0.05, 0.1) is 10.7 Å². The number of benzene rings is 1. The first-order chi connectivity index (χ1) is 9.52. The van der Waals surface area contributed by atoms with Crippen molar-refractivity contribution in [3.05, 3.63) is 57.6 Å². The Bertz CT molecular complexity index is 728. The first-order valence-electron chi connectivity index (χ1n) is 5.35. The number of aromatic nitrogens is 1. The Labute approximate surface area is 123 Å². The Morgan fingerprint density at radius 1 is 1.30 bits per heavy atom. The van der Waals surface area contributed by atoms with Crippen molar-refractivity contribution in [2.45, 2.75) is 0 Å². The molecule has 0 aliphatic heterocycles. The number of hydrogen-bond donors (Lipinski definition) is 1. The number of amides is 1. The van der Waals surface area contributed by atoms with E-state index < -0.39 is 11.7 Å². The zero-order chi connectivity index (χ0) is 14.7. The molecule has 0 saturated heterocycles. The van der Waals surface area contributed by atoms with Crippen LogP contribution in [0.2, 0.25) is 10.2 Å². The Balaban J connectivity index is 2.36. The molecule has 20 heavy (non-hydrogen) atoms. The third-order valence-corrected chi connectivity index (χ3v) is 2.92. The highest BCUT2D eigenvalue weighted by Crippen LogP contribution is 2.21. The van der Waals surface area contributed by atoms with Crippen molar-refractivity contribution in [1.29, 1.82) is 5.26 Å². The summed E-state index contributed by atoms with van der Waals surface area (Å²) in [5, 5.41) is 11.5. The van der Waals surface area contributed by atoms with Crippen molar-refractivity contribution >= 4 is 34.8 Å². The molecule has 0 spiro atoms. The number of halogens is 3. The van der Waals surface area contributed by atoms with Gasteiger partial charge in [-0.3, -0.25) is 4.79 Å².